The van der Waals surface area contributed by atoms with Gasteiger partial charge in [-0.05, 0) is 31.5 Å². The molecule has 1 unspecified atom stereocenters. The Balaban J connectivity index is 1.70. The SMILES string of the molecule is CCC(C)Oc1cc(C(=O)Nc2nc(-c3ccc[nH]3)cs2)ccn1. The number of carbonyl (C=O) groups excluding carboxylic acids is 1. The molecule has 24 heavy (non-hydrogen) atoms. The standard InChI is InChI=1S/C17H18N4O2S/c1-3-11(2)23-15-9-12(6-8-19-15)16(22)21-17-20-14(10-24-17)13-5-4-7-18-13/h4-11,18H,3H2,1-2H3,(H,20,21,22). The third-order valence-corrected chi connectivity index (χ3v) is 4.25. The van der Waals surface area contributed by atoms with Gasteiger partial charge in [0.2, 0.25) is 5.88 Å². The van der Waals surface area contributed by atoms with E-state index in [9.17, 15) is 4.79 Å². The molecule has 0 aliphatic rings. The topological polar surface area (TPSA) is 79.9 Å². The maximum Gasteiger partial charge on any atom is 0.257 e. The average molecular weight is 342 g/mol. The number of pyridine rings is 1. The van der Waals surface area contributed by atoms with Crippen molar-refractivity contribution >= 4 is 22.4 Å². The third-order valence-electron chi connectivity index (χ3n) is 3.49. The second-order valence-electron chi connectivity index (χ2n) is 5.30. The van der Waals surface area contributed by atoms with Crippen molar-refractivity contribution in [1.82, 2.24) is 15.0 Å². The minimum Gasteiger partial charge on any atom is -0.475 e. The maximum atomic E-state index is 12.4. The van der Waals surface area contributed by atoms with Crippen LogP contribution in [0.5, 0.6) is 5.88 Å². The van der Waals surface area contributed by atoms with Crippen LogP contribution >= 0.6 is 11.3 Å². The van der Waals surface area contributed by atoms with Gasteiger partial charge in [-0.25, -0.2) is 9.97 Å². The highest BCUT2D eigenvalue weighted by atomic mass is 32.1. The summed E-state index contributed by atoms with van der Waals surface area (Å²) < 4.78 is 5.65. The lowest BCUT2D eigenvalue weighted by Gasteiger charge is -2.11. The second kappa shape index (κ2) is 7.27. The quantitative estimate of drug-likeness (QED) is 0.710. The molecule has 1 amide bonds. The lowest BCUT2D eigenvalue weighted by molar-refractivity contribution is 0.102. The number of H-pyrrole nitrogens is 1. The van der Waals surface area contributed by atoms with Gasteiger partial charge in [0.1, 0.15) is 0 Å². The van der Waals surface area contributed by atoms with Crippen molar-refractivity contribution in [2.24, 2.45) is 0 Å². The van der Waals surface area contributed by atoms with E-state index in [4.69, 9.17) is 4.74 Å². The van der Waals surface area contributed by atoms with Crippen molar-refractivity contribution in [1.29, 1.82) is 0 Å². The summed E-state index contributed by atoms with van der Waals surface area (Å²) in [5.74, 6) is 0.210. The monoisotopic (exact) mass is 342 g/mol. The molecule has 3 rings (SSSR count). The molecule has 0 fully saturated rings. The fourth-order valence-electron chi connectivity index (χ4n) is 2.02. The molecule has 3 aromatic rings. The van der Waals surface area contributed by atoms with Gasteiger partial charge in [0.05, 0.1) is 17.5 Å². The number of carbonyl (C=O) groups is 1. The number of nitrogens with one attached hydrogen (secondary N) is 2. The van der Waals surface area contributed by atoms with E-state index in [2.05, 4.69) is 20.3 Å². The van der Waals surface area contributed by atoms with E-state index in [1.165, 1.54) is 11.3 Å². The van der Waals surface area contributed by atoms with Gasteiger partial charge in [-0.3, -0.25) is 10.1 Å². The molecule has 124 valence electrons. The third kappa shape index (κ3) is 3.80. The smallest absolute Gasteiger partial charge is 0.257 e. The highest BCUT2D eigenvalue weighted by Gasteiger charge is 2.12. The first kappa shape index (κ1) is 16.2. The van der Waals surface area contributed by atoms with E-state index < -0.39 is 0 Å². The molecular formula is C17H18N4O2S. The van der Waals surface area contributed by atoms with Gasteiger partial charge in [-0.1, -0.05) is 6.92 Å². The van der Waals surface area contributed by atoms with Crippen LogP contribution in [0.25, 0.3) is 11.4 Å². The number of rotatable bonds is 6. The van der Waals surface area contributed by atoms with E-state index in [1.807, 2.05) is 37.6 Å². The Labute approximate surface area is 143 Å². The number of hydrogen-bond donors (Lipinski definition) is 2. The zero-order chi connectivity index (χ0) is 16.9. The molecule has 0 saturated heterocycles. The van der Waals surface area contributed by atoms with Crippen molar-refractivity contribution in [2.75, 3.05) is 5.32 Å². The van der Waals surface area contributed by atoms with E-state index >= 15 is 0 Å². The molecule has 7 heteroatoms. The molecule has 0 bridgehead atoms. The Morgan fingerprint density at radius 3 is 3.08 bits per heavy atom. The van der Waals surface area contributed by atoms with Crippen LogP contribution in [0.15, 0.2) is 42.0 Å². The molecule has 6 nitrogen and oxygen atoms in total. The van der Waals surface area contributed by atoms with E-state index in [-0.39, 0.29) is 12.0 Å². The van der Waals surface area contributed by atoms with Crippen molar-refractivity contribution in [3.8, 4) is 17.3 Å². The molecule has 0 saturated carbocycles. The highest BCUT2D eigenvalue weighted by molar-refractivity contribution is 7.14. The van der Waals surface area contributed by atoms with Gasteiger partial charge in [0.25, 0.3) is 5.91 Å². The lowest BCUT2D eigenvalue weighted by Crippen LogP contribution is -2.14. The summed E-state index contributed by atoms with van der Waals surface area (Å²) in [7, 11) is 0. The number of aromatic amines is 1. The van der Waals surface area contributed by atoms with Gasteiger partial charge in [-0.15, -0.1) is 11.3 Å². The van der Waals surface area contributed by atoms with Crippen molar-refractivity contribution in [2.45, 2.75) is 26.4 Å². The predicted octanol–water partition coefficient (Wildman–Crippen LogP) is 3.96. The van der Waals surface area contributed by atoms with Gasteiger partial charge in [0, 0.05) is 29.4 Å². The molecule has 3 heterocycles. The maximum absolute atomic E-state index is 12.4. The first-order valence-corrected chi connectivity index (χ1v) is 8.57. The van der Waals surface area contributed by atoms with E-state index in [0.717, 1.165) is 17.8 Å². The molecule has 1 atom stereocenters. The minimum absolute atomic E-state index is 0.0538. The zero-order valence-electron chi connectivity index (χ0n) is 13.4. The molecule has 0 aliphatic heterocycles. The van der Waals surface area contributed by atoms with Crippen LogP contribution in [0.3, 0.4) is 0 Å². The number of anilines is 1. The summed E-state index contributed by atoms with van der Waals surface area (Å²) in [6.07, 6.45) is 4.33. The number of ether oxygens (including phenoxy) is 1. The van der Waals surface area contributed by atoms with Crippen LogP contribution in [-0.2, 0) is 0 Å². The number of nitrogens with zero attached hydrogens (tertiary/aromatic N) is 2. The fraction of sp³-hybridized carbons (Fsp3) is 0.235. The number of thiazole rings is 1. The van der Waals surface area contributed by atoms with Crippen molar-refractivity contribution < 1.29 is 9.53 Å². The van der Waals surface area contributed by atoms with Crippen LogP contribution in [0, 0.1) is 0 Å². The molecule has 0 radical (unpaired) electrons. The average Bonchev–Trinajstić information content (AvgIpc) is 3.26. The lowest BCUT2D eigenvalue weighted by atomic mass is 10.2. The molecule has 3 aromatic heterocycles. The van der Waals surface area contributed by atoms with Crippen LogP contribution < -0.4 is 10.1 Å². The molecule has 0 aliphatic carbocycles. The van der Waals surface area contributed by atoms with Crippen molar-refractivity contribution in [3.63, 3.8) is 0 Å². The summed E-state index contributed by atoms with van der Waals surface area (Å²) in [4.78, 5) is 24.0. The molecule has 0 aromatic carbocycles. The largest absolute Gasteiger partial charge is 0.475 e. The van der Waals surface area contributed by atoms with Gasteiger partial charge >= 0.3 is 0 Å². The summed E-state index contributed by atoms with van der Waals surface area (Å²) >= 11 is 1.38. The number of aromatic nitrogens is 3. The van der Waals surface area contributed by atoms with Gasteiger partial charge < -0.3 is 9.72 Å². The Kier molecular flexibility index (Phi) is 4.90. The number of hydrogen-bond acceptors (Lipinski definition) is 5. The normalized spacial score (nSPS) is 11.9. The molecular weight excluding hydrogens is 324 g/mol. The number of amides is 1. The van der Waals surface area contributed by atoms with Gasteiger partial charge in [-0.2, -0.15) is 0 Å². The molecule has 2 N–H and O–H groups in total. The van der Waals surface area contributed by atoms with Gasteiger partial charge in [0.15, 0.2) is 5.13 Å². The summed E-state index contributed by atoms with van der Waals surface area (Å²) in [6, 6.07) is 7.13. The predicted molar refractivity (Wildman–Crippen MR) is 94.5 cm³/mol. The summed E-state index contributed by atoms with van der Waals surface area (Å²) in [6.45, 7) is 4.00. The first-order chi connectivity index (χ1) is 11.7. The first-order valence-electron chi connectivity index (χ1n) is 7.69. The molecule has 0 spiro atoms. The summed E-state index contributed by atoms with van der Waals surface area (Å²) in [5, 5.41) is 5.25. The van der Waals surface area contributed by atoms with Crippen LogP contribution in [0.1, 0.15) is 30.6 Å². The Morgan fingerprint density at radius 1 is 1.46 bits per heavy atom. The minimum atomic E-state index is -0.237. The zero-order valence-corrected chi connectivity index (χ0v) is 14.3. The van der Waals surface area contributed by atoms with Crippen LogP contribution in [-0.4, -0.2) is 27.0 Å². The summed E-state index contributed by atoms with van der Waals surface area (Å²) in [5.41, 5.74) is 2.20. The second-order valence-corrected chi connectivity index (χ2v) is 6.15. The Morgan fingerprint density at radius 2 is 2.33 bits per heavy atom. The fourth-order valence-corrected chi connectivity index (χ4v) is 2.72. The van der Waals surface area contributed by atoms with Crippen molar-refractivity contribution in [3.05, 3.63) is 47.6 Å². The van der Waals surface area contributed by atoms with Crippen LogP contribution in [0.2, 0.25) is 0 Å². The van der Waals surface area contributed by atoms with E-state index in [1.54, 1.807) is 18.3 Å². The van der Waals surface area contributed by atoms with E-state index in [0.29, 0.717) is 16.6 Å². The highest BCUT2D eigenvalue weighted by Crippen LogP contribution is 2.24. The van der Waals surface area contributed by atoms with Crippen LogP contribution in [0.4, 0.5) is 5.13 Å². The Bertz CT molecular complexity index is 814. The Hall–Kier alpha value is -2.67.